The summed E-state index contributed by atoms with van der Waals surface area (Å²) in [5.41, 5.74) is 1.53. The predicted octanol–water partition coefficient (Wildman–Crippen LogP) is 2.77. The Bertz CT molecular complexity index is 637. The maximum absolute atomic E-state index is 10.1. The van der Waals surface area contributed by atoms with Gasteiger partial charge < -0.3 is 5.11 Å². The predicted molar refractivity (Wildman–Crippen MR) is 67.9 cm³/mol. The van der Waals surface area contributed by atoms with Gasteiger partial charge in [0.2, 0.25) is 0 Å². The lowest BCUT2D eigenvalue weighted by Gasteiger charge is -2.07. The lowest BCUT2D eigenvalue weighted by atomic mass is 10.1. The quantitative estimate of drug-likeness (QED) is 0.751. The molecule has 0 aliphatic heterocycles. The fourth-order valence-electron chi connectivity index (χ4n) is 1.73. The Morgan fingerprint density at radius 3 is 2.82 bits per heavy atom. The minimum Gasteiger partial charge on any atom is -0.380 e. The Balaban J connectivity index is 2.06. The van der Waals surface area contributed by atoms with E-state index >= 15 is 0 Å². The summed E-state index contributed by atoms with van der Waals surface area (Å²) in [4.78, 5) is 8.55. The van der Waals surface area contributed by atoms with E-state index in [4.69, 9.17) is 0 Å². The molecule has 4 heteroatoms. The number of para-hydroxylation sites is 1. The van der Waals surface area contributed by atoms with E-state index < -0.39 is 6.10 Å². The van der Waals surface area contributed by atoms with Gasteiger partial charge in [-0.2, -0.15) is 0 Å². The van der Waals surface area contributed by atoms with Crippen molar-refractivity contribution in [1.82, 2.24) is 9.97 Å². The third-order valence-corrected chi connectivity index (χ3v) is 3.41. The van der Waals surface area contributed by atoms with Crippen LogP contribution in [0.2, 0.25) is 0 Å². The van der Waals surface area contributed by atoms with Crippen molar-refractivity contribution >= 4 is 22.2 Å². The minimum absolute atomic E-state index is 0.638. The summed E-state index contributed by atoms with van der Waals surface area (Å²) in [6.07, 6.45) is 0.948. The molecule has 0 aliphatic rings. The highest BCUT2D eigenvalue weighted by molar-refractivity contribution is 7.09. The van der Waals surface area contributed by atoms with Crippen molar-refractivity contribution in [2.45, 2.75) is 6.10 Å². The van der Waals surface area contributed by atoms with E-state index in [-0.39, 0.29) is 0 Å². The minimum atomic E-state index is -0.736. The van der Waals surface area contributed by atoms with Crippen molar-refractivity contribution in [3.8, 4) is 0 Å². The van der Waals surface area contributed by atoms with Gasteiger partial charge in [-0.15, -0.1) is 11.3 Å². The summed E-state index contributed by atoms with van der Waals surface area (Å²) in [6, 6.07) is 11.7. The van der Waals surface area contributed by atoms with Crippen LogP contribution in [0.5, 0.6) is 0 Å². The first-order chi connectivity index (χ1) is 8.34. The van der Waals surface area contributed by atoms with Crippen molar-refractivity contribution in [2.24, 2.45) is 0 Å². The fraction of sp³-hybridized carbons (Fsp3) is 0.0769. The van der Waals surface area contributed by atoms with E-state index in [1.165, 1.54) is 11.3 Å². The topological polar surface area (TPSA) is 46.0 Å². The van der Waals surface area contributed by atoms with Crippen molar-refractivity contribution < 1.29 is 5.11 Å². The number of rotatable bonds is 2. The molecule has 0 bridgehead atoms. The van der Waals surface area contributed by atoms with E-state index in [1.54, 1.807) is 6.20 Å². The third-order valence-electron chi connectivity index (χ3n) is 2.59. The molecule has 2 heterocycles. The van der Waals surface area contributed by atoms with Gasteiger partial charge in [-0.3, -0.25) is 0 Å². The molecule has 0 radical (unpaired) electrons. The molecular weight excluding hydrogens is 232 g/mol. The average molecular weight is 242 g/mol. The van der Waals surface area contributed by atoms with Crippen LogP contribution in [-0.2, 0) is 0 Å². The molecule has 3 aromatic rings. The molecule has 0 fully saturated rings. The van der Waals surface area contributed by atoms with E-state index in [0.29, 0.717) is 10.7 Å². The van der Waals surface area contributed by atoms with Crippen molar-refractivity contribution in [1.29, 1.82) is 0 Å². The smallest absolute Gasteiger partial charge is 0.147 e. The summed E-state index contributed by atoms with van der Waals surface area (Å²) in [7, 11) is 0. The highest BCUT2D eigenvalue weighted by atomic mass is 32.1. The standard InChI is InChI=1S/C13H10N2OS/c16-12(13-14-7-8-17-13)11-6-5-9-3-1-2-4-10(9)15-11/h1-8,12,16H. The van der Waals surface area contributed by atoms with Gasteiger partial charge in [0.15, 0.2) is 0 Å². The Morgan fingerprint density at radius 1 is 1.12 bits per heavy atom. The second-order valence-electron chi connectivity index (χ2n) is 3.70. The van der Waals surface area contributed by atoms with Gasteiger partial charge in [-0.05, 0) is 12.1 Å². The monoisotopic (exact) mass is 242 g/mol. The number of benzene rings is 1. The SMILES string of the molecule is OC(c1ccc2ccccc2n1)c1nccs1. The van der Waals surface area contributed by atoms with Crippen molar-refractivity contribution in [3.63, 3.8) is 0 Å². The Morgan fingerprint density at radius 2 is 2.00 bits per heavy atom. The molecule has 84 valence electrons. The summed E-state index contributed by atoms with van der Waals surface area (Å²) >= 11 is 1.43. The molecule has 1 atom stereocenters. The van der Waals surface area contributed by atoms with Crippen molar-refractivity contribution in [2.75, 3.05) is 0 Å². The first kappa shape index (κ1) is 10.4. The molecule has 0 spiro atoms. The van der Waals surface area contributed by atoms with Gasteiger partial charge in [0, 0.05) is 17.0 Å². The number of nitrogens with zero attached hydrogens (tertiary/aromatic N) is 2. The van der Waals surface area contributed by atoms with Crippen LogP contribution in [-0.4, -0.2) is 15.1 Å². The number of aromatic nitrogens is 2. The first-order valence-corrected chi connectivity index (χ1v) is 6.16. The third kappa shape index (κ3) is 1.92. The zero-order valence-corrected chi connectivity index (χ0v) is 9.76. The lowest BCUT2D eigenvalue weighted by Crippen LogP contribution is -2.01. The number of thiazole rings is 1. The van der Waals surface area contributed by atoms with Gasteiger partial charge in [0.1, 0.15) is 11.1 Å². The van der Waals surface area contributed by atoms with E-state index in [2.05, 4.69) is 9.97 Å². The number of hydrogen-bond donors (Lipinski definition) is 1. The van der Waals surface area contributed by atoms with Crippen LogP contribution in [0, 0.1) is 0 Å². The van der Waals surface area contributed by atoms with Gasteiger partial charge in [-0.1, -0.05) is 24.3 Å². The molecule has 0 amide bonds. The highest BCUT2D eigenvalue weighted by Crippen LogP contribution is 2.23. The zero-order valence-electron chi connectivity index (χ0n) is 8.95. The highest BCUT2D eigenvalue weighted by Gasteiger charge is 2.14. The van der Waals surface area contributed by atoms with Gasteiger partial charge in [-0.25, -0.2) is 9.97 Å². The molecule has 3 rings (SSSR count). The summed E-state index contributed by atoms with van der Waals surface area (Å²) in [6.45, 7) is 0. The number of fused-ring (bicyclic) bond motifs is 1. The summed E-state index contributed by atoms with van der Waals surface area (Å²) < 4.78 is 0. The molecule has 1 aromatic carbocycles. The lowest BCUT2D eigenvalue weighted by molar-refractivity contribution is 0.215. The van der Waals surface area contributed by atoms with Crippen LogP contribution in [0.15, 0.2) is 48.0 Å². The first-order valence-electron chi connectivity index (χ1n) is 5.28. The summed E-state index contributed by atoms with van der Waals surface area (Å²) in [5, 5.41) is 13.7. The van der Waals surface area contributed by atoms with E-state index in [0.717, 1.165) is 10.9 Å². The van der Waals surface area contributed by atoms with E-state index in [9.17, 15) is 5.11 Å². The fourth-order valence-corrected chi connectivity index (χ4v) is 2.36. The maximum atomic E-state index is 10.1. The second-order valence-corrected chi connectivity index (χ2v) is 4.63. The number of hydrogen-bond acceptors (Lipinski definition) is 4. The average Bonchev–Trinajstić information content (AvgIpc) is 2.91. The van der Waals surface area contributed by atoms with Crippen LogP contribution < -0.4 is 0 Å². The van der Waals surface area contributed by atoms with Crippen LogP contribution >= 0.6 is 11.3 Å². The van der Waals surface area contributed by atoms with Crippen LogP contribution in [0.3, 0.4) is 0 Å². The van der Waals surface area contributed by atoms with Gasteiger partial charge in [0.05, 0.1) is 11.2 Å². The van der Waals surface area contributed by atoms with Crippen LogP contribution in [0.4, 0.5) is 0 Å². The molecular formula is C13H10N2OS. The maximum Gasteiger partial charge on any atom is 0.147 e. The Labute approximate surface area is 102 Å². The molecule has 0 saturated heterocycles. The second kappa shape index (κ2) is 4.24. The largest absolute Gasteiger partial charge is 0.380 e. The summed E-state index contributed by atoms with van der Waals surface area (Å²) in [5.74, 6) is 0. The number of pyridine rings is 1. The van der Waals surface area contributed by atoms with E-state index in [1.807, 2.05) is 41.8 Å². The molecule has 1 unspecified atom stereocenters. The molecule has 0 aliphatic carbocycles. The van der Waals surface area contributed by atoms with Gasteiger partial charge >= 0.3 is 0 Å². The Kier molecular flexibility index (Phi) is 2.59. The Hall–Kier alpha value is -1.78. The molecule has 3 nitrogen and oxygen atoms in total. The normalized spacial score (nSPS) is 12.8. The van der Waals surface area contributed by atoms with Crippen LogP contribution in [0.1, 0.15) is 16.8 Å². The number of aliphatic hydroxyl groups excluding tert-OH is 1. The zero-order chi connectivity index (χ0) is 11.7. The molecule has 1 N–H and O–H groups in total. The number of aliphatic hydroxyl groups is 1. The van der Waals surface area contributed by atoms with Crippen molar-refractivity contribution in [3.05, 3.63) is 58.7 Å². The molecule has 2 aromatic heterocycles. The van der Waals surface area contributed by atoms with Crippen LogP contribution in [0.25, 0.3) is 10.9 Å². The molecule has 17 heavy (non-hydrogen) atoms. The molecule has 0 saturated carbocycles. The van der Waals surface area contributed by atoms with Gasteiger partial charge in [0.25, 0.3) is 0 Å².